The molecule has 1 aliphatic heterocycles. The van der Waals surface area contributed by atoms with Gasteiger partial charge >= 0.3 is 5.97 Å². The second-order valence-corrected chi connectivity index (χ2v) is 2.96. The van der Waals surface area contributed by atoms with Gasteiger partial charge in [0.1, 0.15) is 0 Å². The van der Waals surface area contributed by atoms with Crippen LogP contribution in [0.5, 0.6) is 0 Å². The Morgan fingerprint density at radius 1 is 1.54 bits per heavy atom. The first-order valence-corrected chi connectivity index (χ1v) is 4.42. The molecule has 1 heterocycles. The van der Waals surface area contributed by atoms with E-state index in [9.17, 15) is 4.79 Å². The fraction of sp³-hybridized carbons (Fsp3) is 0.556. The first-order chi connectivity index (χ1) is 6.25. The van der Waals surface area contributed by atoms with Crippen LogP contribution in [0.3, 0.4) is 0 Å². The van der Waals surface area contributed by atoms with Crippen molar-refractivity contribution >= 4 is 11.7 Å². The largest absolute Gasteiger partial charge is 0.367 e. The van der Waals surface area contributed by atoms with Crippen molar-refractivity contribution in [1.82, 2.24) is 0 Å². The number of nitrogens with two attached hydrogens (primary N) is 1. The Labute approximate surface area is 77.4 Å². The summed E-state index contributed by atoms with van der Waals surface area (Å²) in [5.74, 6) is -0.342. The quantitative estimate of drug-likeness (QED) is 0.400. The highest BCUT2D eigenvalue weighted by atomic mass is 16.7. The third-order valence-corrected chi connectivity index (χ3v) is 1.88. The first kappa shape index (κ1) is 9.92. The van der Waals surface area contributed by atoms with Gasteiger partial charge in [0.05, 0.1) is 11.3 Å². The molecule has 13 heavy (non-hydrogen) atoms. The third-order valence-electron chi connectivity index (χ3n) is 1.88. The van der Waals surface area contributed by atoms with Gasteiger partial charge in [-0.1, -0.05) is 11.2 Å². The highest BCUT2D eigenvalue weighted by Crippen LogP contribution is 2.12. The molecule has 0 bridgehead atoms. The molecule has 0 spiro atoms. The fourth-order valence-electron chi connectivity index (χ4n) is 1.12. The number of carbonyl (C=O) groups excluding carboxylic acids is 1. The van der Waals surface area contributed by atoms with Gasteiger partial charge in [0.2, 0.25) is 0 Å². The van der Waals surface area contributed by atoms with Crippen LogP contribution in [0.15, 0.2) is 16.8 Å². The van der Waals surface area contributed by atoms with Crippen molar-refractivity contribution in [3.05, 3.63) is 11.6 Å². The van der Waals surface area contributed by atoms with Crippen molar-refractivity contribution in [3.8, 4) is 0 Å². The van der Waals surface area contributed by atoms with E-state index < -0.39 is 0 Å². The second kappa shape index (κ2) is 4.77. The first-order valence-electron chi connectivity index (χ1n) is 4.42. The van der Waals surface area contributed by atoms with Crippen LogP contribution in [0.4, 0.5) is 0 Å². The summed E-state index contributed by atoms with van der Waals surface area (Å²) in [6, 6.07) is 0. The van der Waals surface area contributed by atoms with Gasteiger partial charge in [0.25, 0.3) is 0 Å². The molecule has 0 saturated heterocycles. The second-order valence-electron chi connectivity index (χ2n) is 2.96. The fourth-order valence-corrected chi connectivity index (χ4v) is 1.12. The lowest BCUT2D eigenvalue weighted by atomic mass is 10.1. The van der Waals surface area contributed by atoms with Crippen molar-refractivity contribution in [2.24, 2.45) is 10.9 Å². The molecule has 4 heteroatoms. The molecule has 72 valence electrons. The van der Waals surface area contributed by atoms with Gasteiger partial charge in [-0.25, -0.2) is 4.79 Å². The molecular formula is C9H14N2O2. The molecule has 2 N–H and O–H groups in total. The van der Waals surface area contributed by atoms with Crippen molar-refractivity contribution in [1.29, 1.82) is 0 Å². The number of allylic oxidation sites excluding steroid dienone is 1. The van der Waals surface area contributed by atoms with E-state index in [4.69, 9.17) is 5.73 Å². The van der Waals surface area contributed by atoms with Crippen LogP contribution >= 0.6 is 0 Å². The maximum absolute atomic E-state index is 11.0. The van der Waals surface area contributed by atoms with Crippen LogP contribution in [0.1, 0.15) is 26.2 Å². The summed E-state index contributed by atoms with van der Waals surface area (Å²) in [4.78, 5) is 15.5. The number of hydrogen-bond donors (Lipinski definition) is 1. The smallest absolute Gasteiger partial charge is 0.330 e. The zero-order valence-corrected chi connectivity index (χ0v) is 7.75. The molecule has 0 aromatic heterocycles. The topological polar surface area (TPSA) is 64.7 Å². The number of oxime groups is 1. The normalized spacial score (nSPS) is 19.1. The van der Waals surface area contributed by atoms with E-state index in [1.54, 1.807) is 6.92 Å². The Morgan fingerprint density at radius 3 is 2.85 bits per heavy atom. The van der Waals surface area contributed by atoms with Crippen LogP contribution in [0.25, 0.3) is 0 Å². The molecule has 0 fully saturated rings. The van der Waals surface area contributed by atoms with Gasteiger partial charge in [0, 0.05) is 0 Å². The van der Waals surface area contributed by atoms with E-state index in [-0.39, 0.29) is 5.97 Å². The highest BCUT2D eigenvalue weighted by Gasteiger charge is 2.20. The number of nitrogens with zero attached hydrogens (tertiary/aromatic N) is 1. The monoisotopic (exact) mass is 182 g/mol. The van der Waals surface area contributed by atoms with Crippen LogP contribution < -0.4 is 5.73 Å². The molecule has 0 saturated carbocycles. The number of rotatable bonds is 4. The molecule has 0 aromatic rings. The predicted molar refractivity (Wildman–Crippen MR) is 50.2 cm³/mol. The molecule has 0 aromatic carbocycles. The Morgan fingerprint density at radius 2 is 2.31 bits per heavy atom. The third kappa shape index (κ3) is 2.66. The summed E-state index contributed by atoms with van der Waals surface area (Å²) in [6.45, 7) is 2.46. The van der Waals surface area contributed by atoms with Crippen LogP contribution in [-0.2, 0) is 9.63 Å². The SMILES string of the molecule is CC1=NOC(=O)C1=CCCCCN. The van der Waals surface area contributed by atoms with Crippen molar-refractivity contribution in [2.75, 3.05) is 6.54 Å². The standard InChI is InChI=1S/C9H14N2O2/c1-7-8(9(12)13-11-7)5-3-2-4-6-10/h5H,2-4,6,10H2,1H3. The Balaban J connectivity index is 2.41. The van der Waals surface area contributed by atoms with Gasteiger partial charge in [0.15, 0.2) is 0 Å². The van der Waals surface area contributed by atoms with E-state index in [2.05, 4.69) is 9.99 Å². The molecule has 1 aliphatic rings. The lowest BCUT2D eigenvalue weighted by Crippen LogP contribution is -2.02. The highest BCUT2D eigenvalue weighted by molar-refractivity contribution is 6.21. The number of carbonyl (C=O) groups is 1. The van der Waals surface area contributed by atoms with Crippen LogP contribution in [0, 0.1) is 0 Å². The van der Waals surface area contributed by atoms with E-state index >= 15 is 0 Å². The average Bonchev–Trinajstić information content (AvgIpc) is 2.42. The van der Waals surface area contributed by atoms with Gasteiger partial charge in [-0.05, 0) is 32.7 Å². The molecule has 0 radical (unpaired) electrons. The minimum Gasteiger partial charge on any atom is -0.330 e. The summed E-state index contributed by atoms with van der Waals surface area (Å²) >= 11 is 0. The molecule has 0 unspecified atom stereocenters. The Bertz CT molecular complexity index is 256. The lowest BCUT2D eigenvalue weighted by Gasteiger charge is -1.94. The van der Waals surface area contributed by atoms with Gasteiger partial charge < -0.3 is 10.6 Å². The Kier molecular flexibility index (Phi) is 3.64. The Hall–Kier alpha value is -1.16. The van der Waals surface area contributed by atoms with Crippen LogP contribution in [0.2, 0.25) is 0 Å². The van der Waals surface area contributed by atoms with Gasteiger partial charge in [-0.15, -0.1) is 0 Å². The van der Waals surface area contributed by atoms with Crippen molar-refractivity contribution < 1.29 is 9.63 Å². The zero-order valence-electron chi connectivity index (χ0n) is 7.75. The van der Waals surface area contributed by atoms with Gasteiger partial charge in [-0.3, -0.25) is 0 Å². The lowest BCUT2D eigenvalue weighted by molar-refractivity contribution is -0.136. The summed E-state index contributed by atoms with van der Waals surface area (Å²) in [5, 5.41) is 3.57. The molecule has 0 atom stereocenters. The van der Waals surface area contributed by atoms with Crippen molar-refractivity contribution in [3.63, 3.8) is 0 Å². The van der Waals surface area contributed by atoms with Gasteiger partial charge in [-0.2, -0.15) is 0 Å². The number of unbranched alkanes of at least 4 members (excludes halogenated alkanes) is 2. The van der Waals surface area contributed by atoms with E-state index in [0.717, 1.165) is 19.3 Å². The number of hydrogen-bond acceptors (Lipinski definition) is 4. The van der Waals surface area contributed by atoms with E-state index in [0.29, 0.717) is 17.8 Å². The molecule has 0 aliphatic carbocycles. The average molecular weight is 182 g/mol. The molecule has 1 rings (SSSR count). The maximum Gasteiger partial charge on any atom is 0.367 e. The predicted octanol–water partition coefficient (Wildman–Crippen LogP) is 0.975. The summed E-state index contributed by atoms with van der Waals surface area (Å²) in [5.41, 5.74) is 6.60. The minimum atomic E-state index is -0.342. The summed E-state index contributed by atoms with van der Waals surface area (Å²) in [6.07, 6.45) is 4.70. The van der Waals surface area contributed by atoms with E-state index in [1.165, 1.54) is 0 Å². The maximum atomic E-state index is 11.0. The molecule has 0 amide bonds. The molecular weight excluding hydrogens is 168 g/mol. The molecule has 4 nitrogen and oxygen atoms in total. The zero-order chi connectivity index (χ0) is 9.68. The summed E-state index contributed by atoms with van der Waals surface area (Å²) in [7, 11) is 0. The van der Waals surface area contributed by atoms with Crippen LogP contribution in [-0.4, -0.2) is 18.2 Å². The summed E-state index contributed by atoms with van der Waals surface area (Å²) < 4.78 is 0. The van der Waals surface area contributed by atoms with Crippen molar-refractivity contribution in [2.45, 2.75) is 26.2 Å². The minimum absolute atomic E-state index is 0.342. The van der Waals surface area contributed by atoms with E-state index in [1.807, 2.05) is 6.08 Å².